The van der Waals surface area contributed by atoms with E-state index in [1.807, 2.05) is 12.1 Å². The summed E-state index contributed by atoms with van der Waals surface area (Å²) in [6, 6.07) is 7.87. The number of halogens is 2. The van der Waals surface area contributed by atoms with E-state index in [-0.39, 0.29) is 11.6 Å². The molecule has 0 amide bonds. The van der Waals surface area contributed by atoms with Crippen LogP contribution in [0.5, 0.6) is 0 Å². The van der Waals surface area contributed by atoms with Crippen molar-refractivity contribution in [3.63, 3.8) is 0 Å². The van der Waals surface area contributed by atoms with Crippen LogP contribution in [0.3, 0.4) is 0 Å². The zero-order chi connectivity index (χ0) is 15.1. The standard InChI is InChI=1S/C17H20F2N2/c1-2-8-21-14(11-13-6-9-20-10-7-13)12-15-16(18)4-3-5-17(15)19/h3-7,9-10,14,21H,2,8,11-12H2,1H3. The molecule has 1 atom stereocenters. The minimum Gasteiger partial charge on any atom is -0.313 e. The number of nitrogens with one attached hydrogen (secondary N) is 1. The van der Waals surface area contributed by atoms with Crippen LogP contribution in [0.4, 0.5) is 8.78 Å². The second-order valence-electron chi connectivity index (χ2n) is 5.11. The summed E-state index contributed by atoms with van der Waals surface area (Å²) >= 11 is 0. The Morgan fingerprint density at radius 1 is 1.05 bits per heavy atom. The van der Waals surface area contributed by atoms with Crippen LogP contribution in [0.2, 0.25) is 0 Å². The van der Waals surface area contributed by atoms with Crippen molar-refractivity contribution < 1.29 is 8.78 Å². The molecule has 0 fully saturated rings. The van der Waals surface area contributed by atoms with Crippen molar-refractivity contribution in [2.45, 2.75) is 32.2 Å². The Labute approximate surface area is 124 Å². The van der Waals surface area contributed by atoms with Crippen LogP contribution in [0.1, 0.15) is 24.5 Å². The molecule has 1 aromatic carbocycles. The summed E-state index contributed by atoms with van der Waals surface area (Å²) < 4.78 is 27.6. The van der Waals surface area contributed by atoms with Crippen molar-refractivity contribution in [2.75, 3.05) is 6.54 Å². The Morgan fingerprint density at radius 3 is 2.33 bits per heavy atom. The van der Waals surface area contributed by atoms with Gasteiger partial charge in [-0.1, -0.05) is 13.0 Å². The molecule has 1 N–H and O–H groups in total. The molecule has 1 aromatic heterocycles. The van der Waals surface area contributed by atoms with E-state index in [1.54, 1.807) is 12.4 Å². The van der Waals surface area contributed by atoms with E-state index in [2.05, 4.69) is 17.2 Å². The largest absolute Gasteiger partial charge is 0.313 e. The summed E-state index contributed by atoms with van der Waals surface area (Å²) in [5.74, 6) is -0.957. The summed E-state index contributed by atoms with van der Waals surface area (Å²) in [6.45, 7) is 2.89. The van der Waals surface area contributed by atoms with E-state index in [0.29, 0.717) is 6.42 Å². The lowest BCUT2D eigenvalue weighted by Gasteiger charge is -2.19. The molecule has 4 heteroatoms. The van der Waals surface area contributed by atoms with E-state index < -0.39 is 11.6 Å². The third kappa shape index (κ3) is 4.60. The maximum Gasteiger partial charge on any atom is 0.129 e. The molecule has 1 heterocycles. The van der Waals surface area contributed by atoms with Gasteiger partial charge < -0.3 is 5.32 Å². The van der Waals surface area contributed by atoms with Gasteiger partial charge in [0.2, 0.25) is 0 Å². The highest BCUT2D eigenvalue weighted by atomic mass is 19.1. The third-order valence-electron chi connectivity index (χ3n) is 3.43. The third-order valence-corrected chi connectivity index (χ3v) is 3.43. The minimum absolute atomic E-state index is 0.00116. The molecule has 2 nitrogen and oxygen atoms in total. The number of pyridine rings is 1. The van der Waals surface area contributed by atoms with Gasteiger partial charge in [0.15, 0.2) is 0 Å². The van der Waals surface area contributed by atoms with E-state index in [9.17, 15) is 8.78 Å². The Bertz CT molecular complexity index is 538. The van der Waals surface area contributed by atoms with E-state index in [0.717, 1.165) is 24.9 Å². The van der Waals surface area contributed by atoms with Crippen LogP contribution in [-0.4, -0.2) is 17.6 Å². The maximum absolute atomic E-state index is 13.8. The maximum atomic E-state index is 13.8. The van der Waals surface area contributed by atoms with E-state index in [1.165, 1.54) is 18.2 Å². The molecule has 0 spiro atoms. The summed E-state index contributed by atoms with van der Waals surface area (Å²) in [5, 5.41) is 3.37. The smallest absolute Gasteiger partial charge is 0.129 e. The molecular formula is C17H20F2N2. The number of benzene rings is 1. The predicted octanol–water partition coefficient (Wildman–Crippen LogP) is 3.51. The first-order valence-corrected chi connectivity index (χ1v) is 7.26. The lowest BCUT2D eigenvalue weighted by Crippen LogP contribution is -2.34. The van der Waals surface area contributed by atoms with Gasteiger partial charge in [-0.05, 0) is 55.6 Å². The van der Waals surface area contributed by atoms with Gasteiger partial charge in [-0.25, -0.2) is 8.78 Å². The fourth-order valence-electron chi connectivity index (χ4n) is 2.34. The van der Waals surface area contributed by atoms with Gasteiger partial charge in [-0.2, -0.15) is 0 Å². The summed E-state index contributed by atoms with van der Waals surface area (Å²) in [7, 11) is 0. The van der Waals surface area contributed by atoms with Crippen molar-refractivity contribution in [3.05, 3.63) is 65.5 Å². The normalized spacial score (nSPS) is 12.3. The highest BCUT2D eigenvalue weighted by Gasteiger charge is 2.15. The average molecular weight is 290 g/mol. The quantitative estimate of drug-likeness (QED) is 0.844. The molecule has 0 bridgehead atoms. The molecule has 0 saturated carbocycles. The minimum atomic E-state index is -0.479. The lowest BCUT2D eigenvalue weighted by molar-refractivity contribution is 0.474. The number of rotatable bonds is 7. The van der Waals surface area contributed by atoms with E-state index >= 15 is 0 Å². The molecule has 0 aliphatic rings. The number of hydrogen-bond acceptors (Lipinski definition) is 2. The van der Waals surface area contributed by atoms with E-state index in [4.69, 9.17) is 0 Å². The van der Waals surface area contributed by atoms with Crippen molar-refractivity contribution in [3.8, 4) is 0 Å². The van der Waals surface area contributed by atoms with Gasteiger partial charge in [0.25, 0.3) is 0 Å². The summed E-state index contributed by atoms with van der Waals surface area (Å²) in [4.78, 5) is 3.99. The summed E-state index contributed by atoms with van der Waals surface area (Å²) in [6.07, 6.45) is 5.50. The molecule has 0 saturated heterocycles. The van der Waals surface area contributed by atoms with Crippen LogP contribution in [-0.2, 0) is 12.8 Å². The summed E-state index contributed by atoms with van der Waals surface area (Å²) in [5.41, 5.74) is 1.26. The monoisotopic (exact) mass is 290 g/mol. The van der Waals surface area contributed by atoms with Gasteiger partial charge in [-0.3, -0.25) is 4.98 Å². The van der Waals surface area contributed by atoms with Crippen molar-refractivity contribution in [1.82, 2.24) is 10.3 Å². The second kappa shape index (κ2) is 7.84. The Kier molecular flexibility index (Phi) is 5.81. The van der Waals surface area contributed by atoms with Crippen LogP contribution in [0.25, 0.3) is 0 Å². The molecule has 0 aliphatic heterocycles. The van der Waals surface area contributed by atoms with Crippen LogP contribution >= 0.6 is 0 Å². The molecular weight excluding hydrogens is 270 g/mol. The second-order valence-corrected chi connectivity index (χ2v) is 5.11. The molecule has 2 rings (SSSR count). The fourth-order valence-corrected chi connectivity index (χ4v) is 2.34. The lowest BCUT2D eigenvalue weighted by atomic mass is 9.98. The Hall–Kier alpha value is -1.81. The van der Waals surface area contributed by atoms with Gasteiger partial charge in [-0.15, -0.1) is 0 Å². The van der Waals surface area contributed by atoms with Gasteiger partial charge >= 0.3 is 0 Å². The number of hydrogen-bond donors (Lipinski definition) is 1. The zero-order valence-corrected chi connectivity index (χ0v) is 12.2. The average Bonchev–Trinajstić information content (AvgIpc) is 2.49. The molecule has 0 radical (unpaired) electrons. The Balaban J connectivity index is 2.12. The van der Waals surface area contributed by atoms with Gasteiger partial charge in [0.05, 0.1) is 0 Å². The Morgan fingerprint density at radius 2 is 1.71 bits per heavy atom. The molecule has 1 unspecified atom stereocenters. The topological polar surface area (TPSA) is 24.9 Å². The van der Waals surface area contributed by atoms with Crippen molar-refractivity contribution in [2.24, 2.45) is 0 Å². The van der Waals surface area contributed by atoms with Crippen LogP contribution in [0.15, 0.2) is 42.7 Å². The first-order valence-electron chi connectivity index (χ1n) is 7.26. The molecule has 112 valence electrons. The number of nitrogens with zero attached hydrogens (tertiary/aromatic N) is 1. The first-order chi connectivity index (χ1) is 10.2. The zero-order valence-electron chi connectivity index (χ0n) is 12.2. The highest BCUT2D eigenvalue weighted by Crippen LogP contribution is 2.16. The number of aromatic nitrogens is 1. The molecule has 2 aromatic rings. The highest BCUT2D eigenvalue weighted by molar-refractivity contribution is 5.22. The van der Waals surface area contributed by atoms with Crippen molar-refractivity contribution in [1.29, 1.82) is 0 Å². The van der Waals surface area contributed by atoms with Gasteiger partial charge in [0.1, 0.15) is 11.6 Å². The molecule has 0 aliphatic carbocycles. The predicted molar refractivity (Wildman–Crippen MR) is 80.1 cm³/mol. The van der Waals surface area contributed by atoms with Crippen molar-refractivity contribution >= 4 is 0 Å². The van der Waals surface area contributed by atoms with Crippen LogP contribution in [0, 0.1) is 11.6 Å². The fraction of sp³-hybridized carbons (Fsp3) is 0.353. The molecule has 21 heavy (non-hydrogen) atoms. The SMILES string of the molecule is CCCNC(Cc1ccncc1)Cc1c(F)cccc1F. The van der Waals surface area contributed by atoms with Crippen LogP contribution < -0.4 is 5.32 Å². The van der Waals surface area contributed by atoms with Gasteiger partial charge in [0, 0.05) is 24.0 Å². The first kappa shape index (κ1) is 15.6.